The number of phenols is 1. The summed E-state index contributed by atoms with van der Waals surface area (Å²) in [7, 11) is 0. The number of aryl methyl sites for hydroxylation is 1. The molecule has 8 rings (SSSR count). The maximum Gasteiger partial charge on any atom is 0.149 e. The van der Waals surface area contributed by atoms with Gasteiger partial charge in [0, 0.05) is 23.0 Å². The molecule has 4 heteroatoms. The first-order valence-electron chi connectivity index (χ1n) is 19.0. The van der Waals surface area contributed by atoms with Gasteiger partial charge in [0.2, 0.25) is 0 Å². The van der Waals surface area contributed by atoms with Gasteiger partial charge in [-0.05, 0) is 117 Å². The van der Waals surface area contributed by atoms with E-state index in [2.05, 4.69) is 168 Å². The highest BCUT2D eigenvalue weighted by molar-refractivity contribution is 5.97. The van der Waals surface area contributed by atoms with Gasteiger partial charge in [-0.1, -0.05) is 133 Å². The Labute approximate surface area is 324 Å². The van der Waals surface area contributed by atoms with E-state index in [4.69, 9.17) is 9.97 Å². The van der Waals surface area contributed by atoms with E-state index in [9.17, 15) is 5.11 Å². The summed E-state index contributed by atoms with van der Waals surface area (Å²) < 4.78 is 2.18. The van der Waals surface area contributed by atoms with E-state index >= 15 is 0 Å². The summed E-state index contributed by atoms with van der Waals surface area (Å²) in [4.78, 5) is 10.3. The van der Waals surface area contributed by atoms with Gasteiger partial charge in [0.25, 0.3) is 0 Å². The lowest BCUT2D eigenvalue weighted by atomic mass is 9.83. The van der Waals surface area contributed by atoms with Crippen LogP contribution in [0.4, 0.5) is 0 Å². The standard InChI is InChI=1S/C51H47N3O/c1-33-28-41(24-25-42(33)35-14-9-8-10-15-35)54-46-18-13-17-43(48(46)53-49(54)44-16-11-12-19-47(44)55)37-29-38(31-40(30-37)51(5,6)7)45-32-36(26-27-52-45)34-20-22-39(23-21-34)50(2,3)4/h8-32,55H,1-7H3. The van der Waals surface area contributed by atoms with Crippen molar-refractivity contribution in [1.82, 2.24) is 14.5 Å². The van der Waals surface area contributed by atoms with Gasteiger partial charge in [-0.3, -0.25) is 9.55 Å². The summed E-state index contributed by atoms with van der Waals surface area (Å²) in [5, 5.41) is 11.2. The number of aromatic nitrogens is 3. The summed E-state index contributed by atoms with van der Waals surface area (Å²) in [5.74, 6) is 0.876. The van der Waals surface area contributed by atoms with Gasteiger partial charge < -0.3 is 5.11 Å². The molecule has 55 heavy (non-hydrogen) atoms. The molecule has 0 fully saturated rings. The SMILES string of the molecule is Cc1cc(-n2c(-c3ccccc3O)nc3c(-c4cc(-c5cc(-c6ccc(C(C)(C)C)cc6)ccn5)cc(C(C)(C)C)c4)cccc32)ccc1-c1ccccc1. The molecular formula is C51H47N3O. The zero-order chi connectivity index (χ0) is 38.5. The molecule has 272 valence electrons. The highest BCUT2D eigenvalue weighted by atomic mass is 16.3. The van der Waals surface area contributed by atoms with Crippen molar-refractivity contribution < 1.29 is 5.11 Å². The van der Waals surface area contributed by atoms with Crippen LogP contribution in [0, 0.1) is 6.92 Å². The van der Waals surface area contributed by atoms with Gasteiger partial charge in [-0.2, -0.15) is 0 Å². The van der Waals surface area contributed by atoms with Crippen molar-refractivity contribution in [2.24, 2.45) is 0 Å². The number of rotatable bonds is 6. The number of phenolic OH excluding ortho intramolecular Hbond substituents is 1. The molecule has 0 aliphatic rings. The maximum atomic E-state index is 11.2. The van der Waals surface area contributed by atoms with Gasteiger partial charge >= 0.3 is 0 Å². The van der Waals surface area contributed by atoms with Crippen molar-refractivity contribution in [2.45, 2.75) is 59.3 Å². The summed E-state index contributed by atoms with van der Waals surface area (Å²) in [6.07, 6.45) is 1.91. The average molecular weight is 718 g/mol. The van der Waals surface area contributed by atoms with Crippen molar-refractivity contribution in [3.63, 3.8) is 0 Å². The van der Waals surface area contributed by atoms with Gasteiger partial charge in [0.05, 0.1) is 22.3 Å². The summed E-state index contributed by atoms with van der Waals surface area (Å²) in [6.45, 7) is 15.6. The maximum absolute atomic E-state index is 11.2. The zero-order valence-electron chi connectivity index (χ0n) is 32.7. The minimum Gasteiger partial charge on any atom is -0.507 e. The number of hydrogen-bond acceptors (Lipinski definition) is 3. The second-order valence-electron chi connectivity index (χ2n) is 16.6. The second-order valence-corrected chi connectivity index (χ2v) is 16.6. The average Bonchev–Trinajstić information content (AvgIpc) is 3.57. The number of pyridine rings is 1. The number of aromatic hydroxyl groups is 1. The molecule has 6 aromatic carbocycles. The Morgan fingerprint density at radius 2 is 1.20 bits per heavy atom. The van der Waals surface area contributed by atoms with Crippen molar-refractivity contribution in [3.8, 4) is 67.5 Å². The second kappa shape index (κ2) is 13.9. The van der Waals surface area contributed by atoms with Crippen LogP contribution in [0.3, 0.4) is 0 Å². The van der Waals surface area contributed by atoms with Gasteiger partial charge in [-0.15, -0.1) is 0 Å². The Bertz CT molecular complexity index is 2670. The largest absolute Gasteiger partial charge is 0.507 e. The van der Waals surface area contributed by atoms with Crippen LogP contribution < -0.4 is 0 Å². The van der Waals surface area contributed by atoms with E-state index in [1.165, 1.54) is 27.8 Å². The van der Waals surface area contributed by atoms with Crippen molar-refractivity contribution in [1.29, 1.82) is 0 Å². The third-order valence-corrected chi connectivity index (χ3v) is 10.6. The summed E-state index contributed by atoms with van der Waals surface area (Å²) in [5.41, 5.74) is 15.9. The van der Waals surface area contributed by atoms with Crippen LogP contribution in [-0.4, -0.2) is 19.6 Å². The first kappa shape index (κ1) is 35.8. The fourth-order valence-electron chi connectivity index (χ4n) is 7.46. The molecule has 0 radical (unpaired) electrons. The molecule has 2 aromatic heterocycles. The molecule has 0 amide bonds. The minimum atomic E-state index is -0.114. The van der Waals surface area contributed by atoms with Gasteiger partial charge in [-0.25, -0.2) is 4.98 Å². The Morgan fingerprint density at radius 1 is 0.509 bits per heavy atom. The van der Waals surface area contributed by atoms with E-state index < -0.39 is 0 Å². The van der Waals surface area contributed by atoms with E-state index in [0.717, 1.165) is 50.2 Å². The normalized spacial score (nSPS) is 12.0. The molecule has 0 spiro atoms. The Balaban J connectivity index is 1.30. The third-order valence-electron chi connectivity index (χ3n) is 10.6. The predicted octanol–water partition coefficient (Wildman–Crippen LogP) is 13.4. The monoisotopic (exact) mass is 717 g/mol. The molecular weight excluding hydrogens is 671 g/mol. The van der Waals surface area contributed by atoms with Gasteiger partial charge in [0.1, 0.15) is 11.6 Å². The Hall–Kier alpha value is -6.26. The molecule has 1 N–H and O–H groups in total. The van der Waals surface area contributed by atoms with Gasteiger partial charge in [0.15, 0.2) is 0 Å². The lowest BCUT2D eigenvalue weighted by Gasteiger charge is -2.22. The van der Waals surface area contributed by atoms with E-state index in [1.807, 2.05) is 30.5 Å². The highest BCUT2D eigenvalue weighted by Gasteiger charge is 2.23. The van der Waals surface area contributed by atoms with Crippen LogP contribution in [0.5, 0.6) is 5.75 Å². The summed E-state index contributed by atoms with van der Waals surface area (Å²) in [6, 6.07) is 50.9. The molecule has 0 saturated carbocycles. The number of hydrogen-bond donors (Lipinski definition) is 1. The molecule has 0 unspecified atom stereocenters. The number of nitrogens with zero attached hydrogens (tertiary/aromatic N) is 3. The zero-order valence-corrected chi connectivity index (χ0v) is 32.7. The lowest BCUT2D eigenvalue weighted by molar-refractivity contribution is 0.477. The summed E-state index contributed by atoms with van der Waals surface area (Å²) >= 11 is 0. The Morgan fingerprint density at radius 3 is 1.91 bits per heavy atom. The van der Waals surface area contributed by atoms with Crippen LogP contribution >= 0.6 is 0 Å². The van der Waals surface area contributed by atoms with Crippen LogP contribution in [0.15, 0.2) is 152 Å². The van der Waals surface area contributed by atoms with Crippen molar-refractivity contribution >= 4 is 11.0 Å². The van der Waals surface area contributed by atoms with Crippen LogP contribution in [0.1, 0.15) is 58.2 Å². The fraction of sp³-hybridized carbons (Fsp3) is 0.176. The molecule has 8 aromatic rings. The third kappa shape index (κ3) is 6.97. The molecule has 0 aliphatic carbocycles. The molecule has 4 nitrogen and oxygen atoms in total. The topological polar surface area (TPSA) is 50.9 Å². The van der Waals surface area contributed by atoms with Crippen molar-refractivity contribution in [2.75, 3.05) is 0 Å². The molecule has 0 bridgehead atoms. The van der Waals surface area contributed by atoms with E-state index in [1.54, 1.807) is 6.07 Å². The number of imidazole rings is 1. The predicted molar refractivity (Wildman–Crippen MR) is 230 cm³/mol. The van der Waals surface area contributed by atoms with E-state index in [-0.39, 0.29) is 16.6 Å². The highest BCUT2D eigenvalue weighted by Crippen LogP contribution is 2.40. The number of fused-ring (bicyclic) bond motifs is 1. The van der Waals surface area contributed by atoms with Crippen molar-refractivity contribution in [3.05, 3.63) is 168 Å². The fourth-order valence-corrected chi connectivity index (χ4v) is 7.46. The van der Waals surface area contributed by atoms with Crippen LogP contribution in [0.25, 0.3) is 72.7 Å². The molecule has 0 aliphatic heterocycles. The van der Waals surface area contributed by atoms with Crippen LogP contribution in [0.2, 0.25) is 0 Å². The quantitative estimate of drug-likeness (QED) is 0.186. The molecule has 2 heterocycles. The Kier molecular flexibility index (Phi) is 9.01. The lowest BCUT2D eigenvalue weighted by Crippen LogP contribution is -2.11. The molecule has 0 atom stereocenters. The molecule has 0 saturated heterocycles. The smallest absolute Gasteiger partial charge is 0.149 e. The number of para-hydroxylation sites is 2. The van der Waals surface area contributed by atoms with E-state index in [0.29, 0.717) is 11.4 Å². The first-order chi connectivity index (χ1) is 26.3. The van der Waals surface area contributed by atoms with Crippen LogP contribution in [-0.2, 0) is 10.8 Å². The number of benzene rings is 6. The first-order valence-corrected chi connectivity index (χ1v) is 19.0. The minimum absolute atomic E-state index is 0.0958.